The van der Waals surface area contributed by atoms with E-state index in [1.807, 2.05) is 13.8 Å². The Balaban J connectivity index is 1.23. The van der Waals surface area contributed by atoms with Crippen LogP contribution in [0.4, 0.5) is 0 Å². The monoisotopic (exact) mass is 446 g/mol. The van der Waals surface area contributed by atoms with Gasteiger partial charge in [0.15, 0.2) is 0 Å². The van der Waals surface area contributed by atoms with Crippen molar-refractivity contribution in [1.82, 2.24) is 16.1 Å². The van der Waals surface area contributed by atoms with Gasteiger partial charge in [0.05, 0.1) is 12.2 Å². The number of ether oxygens (including phenoxy) is 1. The summed E-state index contributed by atoms with van der Waals surface area (Å²) in [6.07, 6.45) is 11.5. The van der Waals surface area contributed by atoms with Crippen LogP contribution in [-0.2, 0) is 4.74 Å². The van der Waals surface area contributed by atoms with E-state index in [2.05, 4.69) is 35.0 Å². The quantitative estimate of drug-likeness (QED) is 0.567. The van der Waals surface area contributed by atoms with Crippen LogP contribution in [0.3, 0.4) is 0 Å². The molecule has 1 aliphatic heterocycles. The number of hydrogen-bond donors (Lipinski definition) is 3. The lowest BCUT2D eigenvalue weighted by Gasteiger charge is -2.57. The molecule has 0 aromatic heterocycles. The van der Waals surface area contributed by atoms with Crippen LogP contribution in [0.25, 0.3) is 0 Å². The maximum atomic E-state index is 11.1. The van der Waals surface area contributed by atoms with Crippen molar-refractivity contribution in [3.8, 4) is 0 Å². The molecule has 4 saturated carbocycles. The second kappa shape index (κ2) is 8.74. The molecule has 0 bridgehead atoms. The summed E-state index contributed by atoms with van der Waals surface area (Å²) in [6.45, 7) is 11.4. The van der Waals surface area contributed by atoms with Crippen LogP contribution in [0.2, 0.25) is 0 Å². The molecule has 9 atom stereocenters. The molecule has 182 valence electrons. The fraction of sp³-hybridized carbons (Fsp3) is 0.962. The number of nitrogens with zero attached hydrogens (tertiary/aromatic N) is 2. The van der Waals surface area contributed by atoms with Gasteiger partial charge >= 0.3 is 0 Å². The minimum atomic E-state index is -0.569. The zero-order chi connectivity index (χ0) is 22.5. The molecule has 4 fully saturated rings. The third-order valence-corrected chi connectivity index (χ3v) is 10.5. The van der Waals surface area contributed by atoms with Crippen LogP contribution < -0.4 is 11.0 Å². The molecule has 0 radical (unpaired) electrons. The summed E-state index contributed by atoms with van der Waals surface area (Å²) in [5.74, 6) is 6.68. The maximum Gasteiger partial charge on any atom is 0.136 e. The lowest BCUT2D eigenvalue weighted by atomic mass is 9.48. The van der Waals surface area contributed by atoms with Crippen LogP contribution in [0.1, 0.15) is 85.5 Å². The van der Waals surface area contributed by atoms with Crippen LogP contribution in [-0.4, -0.2) is 41.4 Å². The van der Waals surface area contributed by atoms with Crippen molar-refractivity contribution in [3.05, 3.63) is 0 Å². The first-order valence-electron chi connectivity index (χ1n) is 13.5. The van der Waals surface area contributed by atoms with Crippen LogP contribution in [0.15, 0.2) is 5.10 Å². The normalized spacial score (nSPS) is 47.0. The summed E-state index contributed by atoms with van der Waals surface area (Å²) in [4.78, 5) is 0. The van der Waals surface area contributed by atoms with Gasteiger partial charge in [-0.3, -0.25) is 5.43 Å². The molecule has 0 spiro atoms. The van der Waals surface area contributed by atoms with Crippen molar-refractivity contribution >= 4 is 5.84 Å². The summed E-state index contributed by atoms with van der Waals surface area (Å²) in [6, 6.07) is 0. The predicted octanol–water partition coefficient (Wildman–Crippen LogP) is 4.32. The number of hydrazine groups is 2. The van der Waals surface area contributed by atoms with E-state index in [-0.39, 0.29) is 0 Å². The molecule has 0 aromatic carbocycles. The Morgan fingerprint density at radius 3 is 2.69 bits per heavy atom. The number of amidine groups is 1. The van der Waals surface area contributed by atoms with E-state index in [0.29, 0.717) is 30.5 Å². The van der Waals surface area contributed by atoms with Crippen molar-refractivity contribution in [2.24, 2.45) is 51.9 Å². The fourth-order valence-corrected chi connectivity index (χ4v) is 9.24. The second-order valence-electron chi connectivity index (χ2n) is 12.3. The molecular formula is C26H46N4O2. The van der Waals surface area contributed by atoms with Gasteiger partial charge in [-0.25, -0.2) is 5.53 Å². The third-order valence-electron chi connectivity index (χ3n) is 10.5. The zero-order valence-corrected chi connectivity index (χ0v) is 20.8. The Labute approximate surface area is 194 Å². The highest BCUT2D eigenvalue weighted by molar-refractivity contribution is 5.79. The van der Waals surface area contributed by atoms with E-state index >= 15 is 0 Å². The van der Waals surface area contributed by atoms with Gasteiger partial charge in [0.2, 0.25) is 0 Å². The third kappa shape index (κ3) is 3.98. The second-order valence-corrected chi connectivity index (χ2v) is 12.3. The van der Waals surface area contributed by atoms with Gasteiger partial charge in [0.1, 0.15) is 5.84 Å². The lowest BCUT2D eigenvalue weighted by molar-refractivity contribution is -0.129. The molecule has 3 N–H and O–H groups in total. The van der Waals surface area contributed by atoms with Gasteiger partial charge in [-0.15, -0.1) is 10.2 Å². The summed E-state index contributed by atoms with van der Waals surface area (Å²) in [5, 5.41) is 17.4. The Bertz CT molecular complexity index is 716. The van der Waals surface area contributed by atoms with Gasteiger partial charge < -0.3 is 9.84 Å². The van der Waals surface area contributed by atoms with Crippen LogP contribution in [0.5, 0.6) is 0 Å². The van der Waals surface area contributed by atoms with Crippen molar-refractivity contribution in [2.75, 3.05) is 19.8 Å². The Morgan fingerprint density at radius 2 is 1.94 bits per heavy atom. The zero-order valence-electron chi connectivity index (χ0n) is 20.8. The Morgan fingerprint density at radius 1 is 1.12 bits per heavy atom. The SMILES string of the molecule is CCOC[C@@]1(O)CC[C@H]2[C@@H](CC[C@@H]3[C@@H]2CC[C@]2(C)[C@@H]([C@@H](C)CN4NN=C(C)N4)CC[C@@H]32)C1. The molecule has 0 unspecified atom stereocenters. The van der Waals surface area contributed by atoms with Crippen LogP contribution in [0, 0.1) is 46.8 Å². The average Bonchev–Trinajstić information content (AvgIpc) is 3.34. The van der Waals surface area contributed by atoms with Crippen molar-refractivity contribution < 1.29 is 9.84 Å². The first kappa shape index (κ1) is 22.9. The smallest absolute Gasteiger partial charge is 0.136 e. The van der Waals surface area contributed by atoms with Crippen molar-refractivity contribution in [2.45, 2.75) is 91.1 Å². The number of nitrogens with one attached hydrogen (secondary N) is 2. The molecule has 5 rings (SSSR count). The maximum absolute atomic E-state index is 11.1. The highest BCUT2D eigenvalue weighted by Gasteiger charge is 2.58. The minimum absolute atomic E-state index is 0.493. The summed E-state index contributed by atoms with van der Waals surface area (Å²) in [7, 11) is 0. The lowest BCUT2D eigenvalue weighted by Crippen LogP contribution is -2.52. The molecule has 0 amide bonds. The largest absolute Gasteiger partial charge is 0.387 e. The molecule has 4 aliphatic carbocycles. The van der Waals surface area contributed by atoms with E-state index in [1.54, 1.807) is 0 Å². The summed E-state index contributed by atoms with van der Waals surface area (Å²) in [5.41, 5.74) is 6.38. The molecule has 1 heterocycles. The molecular weight excluding hydrogens is 400 g/mol. The number of hydrazone groups is 1. The topological polar surface area (TPSA) is 69.1 Å². The summed E-state index contributed by atoms with van der Waals surface area (Å²) >= 11 is 0. The van der Waals surface area contributed by atoms with Gasteiger partial charge in [-0.05, 0) is 118 Å². The summed E-state index contributed by atoms with van der Waals surface area (Å²) < 4.78 is 5.65. The van der Waals surface area contributed by atoms with Crippen molar-refractivity contribution in [3.63, 3.8) is 0 Å². The molecule has 6 heteroatoms. The van der Waals surface area contributed by atoms with E-state index in [4.69, 9.17) is 4.74 Å². The van der Waals surface area contributed by atoms with Gasteiger partial charge in [-0.2, -0.15) is 0 Å². The van der Waals surface area contributed by atoms with E-state index in [9.17, 15) is 5.11 Å². The first-order chi connectivity index (χ1) is 15.3. The van der Waals surface area contributed by atoms with Crippen molar-refractivity contribution in [1.29, 1.82) is 0 Å². The van der Waals surface area contributed by atoms with Gasteiger partial charge in [0, 0.05) is 13.2 Å². The number of fused-ring (bicyclic) bond motifs is 5. The molecule has 6 nitrogen and oxygen atoms in total. The highest BCUT2D eigenvalue weighted by atomic mass is 16.5. The average molecular weight is 447 g/mol. The first-order valence-corrected chi connectivity index (χ1v) is 13.5. The van der Waals surface area contributed by atoms with Crippen LogP contribution >= 0.6 is 0 Å². The minimum Gasteiger partial charge on any atom is -0.387 e. The Kier molecular flexibility index (Phi) is 6.26. The predicted molar refractivity (Wildman–Crippen MR) is 127 cm³/mol. The van der Waals surface area contributed by atoms with Gasteiger partial charge in [0.25, 0.3) is 0 Å². The molecule has 32 heavy (non-hydrogen) atoms. The number of rotatable bonds is 6. The van der Waals surface area contributed by atoms with E-state index in [1.165, 1.54) is 44.9 Å². The molecule has 0 saturated heterocycles. The molecule has 5 aliphatic rings. The Hall–Kier alpha value is -0.850. The highest BCUT2D eigenvalue weighted by Crippen LogP contribution is 2.65. The van der Waals surface area contributed by atoms with Gasteiger partial charge in [-0.1, -0.05) is 13.8 Å². The number of hydrogen-bond acceptors (Lipinski definition) is 6. The number of aliphatic hydroxyl groups is 1. The van der Waals surface area contributed by atoms with E-state index < -0.39 is 5.60 Å². The van der Waals surface area contributed by atoms with E-state index in [0.717, 1.165) is 54.8 Å². The standard InChI is InChI=1S/C26H46N4O2/c1-5-32-16-26(31)13-11-20-19(14-26)6-7-22-21(20)10-12-25(4)23(8-9-24(22)25)17(2)15-30-28-18(3)27-29-30/h17,19-24,29,31H,5-16H2,1-4H3,(H,27,28)/t17-,19-,20-,21+,22+,23+,24-,25+,26+/m0/s1. The molecule has 0 aromatic rings. The fourth-order valence-electron chi connectivity index (χ4n) is 9.24.